The van der Waals surface area contributed by atoms with Crippen molar-refractivity contribution in [2.75, 3.05) is 13.1 Å². The number of aromatic nitrogens is 1. The fourth-order valence-electron chi connectivity index (χ4n) is 5.34. The van der Waals surface area contributed by atoms with Gasteiger partial charge in [0.15, 0.2) is 5.78 Å². The maximum atomic E-state index is 14.2. The van der Waals surface area contributed by atoms with Crippen LogP contribution in [0.3, 0.4) is 0 Å². The summed E-state index contributed by atoms with van der Waals surface area (Å²) in [6, 6.07) is 15.9. The van der Waals surface area contributed by atoms with E-state index in [1.165, 1.54) is 46.8 Å². The van der Waals surface area contributed by atoms with Crippen molar-refractivity contribution in [1.29, 1.82) is 0 Å². The summed E-state index contributed by atoms with van der Waals surface area (Å²) in [6.45, 7) is 5.87. The van der Waals surface area contributed by atoms with Gasteiger partial charge >= 0.3 is 0 Å². The van der Waals surface area contributed by atoms with Crippen molar-refractivity contribution >= 4 is 22.6 Å². The molecule has 1 atom stereocenters. The third kappa shape index (κ3) is 4.21. The topological polar surface area (TPSA) is 42.3 Å². The molecule has 0 aliphatic carbocycles. The predicted molar refractivity (Wildman–Crippen MR) is 136 cm³/mol. The molecule has 4 aromatic rings. The highest BCUT2D eigenvalue weighted by Gasteiger charge is 2.32. The molecule has 184 valence electrons. The standard InChI is InChI=1S/C30H28F2N2O2/c1-3-19-15-21(31)9-11-23(19)29(35)26-16-22(32)10-12-25(26)30(36)34-14-13-20(17-34)27-18-33(4-2)28-8-6-5-7-24(27)28/h5-12,15-16,18,20H,3-4,13-14,17H2,1-2H3. The molecule has 2 heterocycles. The molecule has 4 nitrogen and oxygen atoms in total. The van der Waals surface area contributed by atoms with E-state index in [2.05, 4.69) is 29.8 Å². The van der Waals surface area contributed by atoms with Crippen LogP contribution in [0.1, 0.15) is 63.6 Å². The van der Waals surface area contributed by atoms with E-state index < -0.39 is 17.4 Å². The number of para-hydroxylation sites is 1. The van der Waals surface area contributed by atoms with E-state index in [-0.39, 0.29) is 28.5 Å². The van der Waals surface area contributed by atoms with Gasteiger partial charge in [-0.15, -0.1) is 0 Å². The first kappa shape index (κ1) is 23.9. The zero-order valence-electron chi connectivity index (χ0n) is 20.4. The minimum Gasteiger partial charge on any atom is -0.347 e. The zero-order chi connectivity index (χ0) is 25.4. The number of carbonyl (C=O) groups is 2. The lowest BCUT2D eigenvalue weighted by Crippen LogP contribution is -2.30. The second kappa shape index (κ2) is 9.69. The molecule has 0 saturated carbocycles. The average Bonchev–Trinajstić information content (AvgIpc) is 3.53. The van der Waals surface area contributed by atoms with Crippen molar-refractivity contribution in [1.82, 2.24) is 9.47 Å². The Morgan fingerprint density at radius 3 is 2.39 bits per heavy atom. The lowest BCUT2D eigenvalue weighted by atomic mass is 9.93. The van der Waals surface area contributed by atoms with Crippen LogP contribution in [0.15, 0.2) is 66.9 Å². The molecule has 1 aliphatic heterocycles. The lowest BCUT2D eigenvalue weighted by molar-refractivity contribution is 0.0786. The van der Waals surface area contributed by atoms with Gasteiger partial charge in [0.2, 0.25) is 0 Å². The molecule has 3 aromatic carbocycles. The number of hydrogen-bond donors (Lipinski definition) is 0. The lowest BCUT2D eigenvalue weighted by Gasteiger charge is -2.19. The number of benzene rings is 3. The summed E-state index contributed by atoms with van der Waals surface area (Å²) in [4.78, 5) is 28.8. The van der Waals surface area contributed by atoms with Crippen LogP contribution < -0.4 is 0 Å². The summed E-state index contributed by atoms with van der Waals surface area (Å²) < 4.78 is 30.2. The molecular formula is C30H28F2N2O2. The van der Waals surface area contributed by atoms with E-state index in [4.69, 9.17) is 0 Å². The van der Waals surface area contributed by atoms with Gasteiger partial charge in [-0.3, -0.25) is 9.59 Å². The Hall–Kier alpha value is -3.80. The van der Waals surface area contributed by atoms with Gasteiger partial charge < -0.3 is 9.47 Å². The summed E-state index contributed by atoms with van der Waals surface area (Å²) in [5.41, 5.74) is 3.38. The summed E-state index contributed by atoms with van der Waals surface area (Å²) in [6.07, 6.45) is 3.43. The molecule has 6 heteroatoms. The quantitative estimate of drug-likeness (QED) is 0.298. The van der Waals surface area contributed by atoms with E-state index in [9.17, 15) is 18.4 Å². The first-order chi connectivity index (χ1) is 17.4. The summed E-state index contributed by atoms with van der Waals surface area (Å²) in [5, 5.41) is 1.19. The molecule has 1 unspecified atom stereocenters. The number of likely N-dealkylation sites (tertiary alicyclic amines) is 1. The number of rotatable bonds is 6. The Morgan fingerprint density at radius 1 is 0.917 bits per heavy atom. The number of halogens is 2. The fourth-order valence-corrected chi connectivity index (χ4v) is 5.34. The third-order valence-electron chi connectivity index (χ3n) is 7.22. The van der Waals surface area contributed by atoms with Gasteiger partial charge in [0, 0.05) is 53.8 Å². The molecule has 5 rings (SSSR count). The molecule has 0 radical (unpaired) electrons. The summed E-state index contributed by atoms with van der Waals surface area (Å²) >= 11 is 0. The zero-order valence-corrected chi connectivity index (χ0v) is 20.4. The van der Waals surface area contributed by atoms with Gasteiger partial charge in [0.25, 0.3) is 5.91 Å². The van der Waals surface area contributed by atoms with E-state index in [0.717, 1.165) is 19.0 Å². The van der Waals surface area contributed by atoms with Crippen molar-refractivity contribution in [3.63, 3.8) is 0 Å². The smallest absolute Gasteiger partial charge is 0.254 e. The number of ketones is 1. The normalized spacial score (nSPS) is 15.6. The highest BCUT2D eigenvalue weighted by molar-refractivity contribution is 6.16. The maximum Gasteiger partial charge on any atom is 0.254 e. The summed E-state index contributed by atoms with van der Waals surface area (Å²) in [5.74, 6) is -1.63. The number of hydrogen-bond acceptors (Lipinski definition) is 2. The van der Waals surface area contributed by atoms with Crippen LogP contribution in [0, 0.1) is 11.6 Å². The van der Waals surface area contributed by atoms with Gasteiger partial charge in [0.05, 0.1) is 5.56 Å². The predicted octanol–water partition coefficient (Wildman–Crippen LogP) is 6.36. The number of fused-ring (bicyclic) bond motifs is 1. The molecular weight excluding hydrogens is 458 g/mol. The van der Waals surface area contributed by atoms with Crippen LogP contribution in [-0.2, 0) is 13.0 Å². The van der Waals surface area contributed by atoms with E-state index >= 15 is 0 Å². The molecule has 1 amide bonds. The Labute approximate surface area is 209 Å². The first-order valence-corrected chi connectivity index (χ1v) is 12.4. The average molecular weight is 487 g/mol. The van der Waals surface area contributed by atoms with Crippen molar-refractivity contribution in [2.45, 2.75) is 39.2 Å². The van der Waals surface area contributed by atoms with Crippen molar-refractivity contribution in [2.24, 2.45) is 0 Å². The fraction of sp³-hybridized carbons (Fsp3) is 0.267. The second-order valence-corrected chi connectivity index (χ2v) is 9.30. The highest BCUT2D eigenvalue weighted by atomic mass is 19.1. The molecule has 1 aromatic heterocycles. The Morgan fingerprint density at radius 2 is 1.64 bits per heavy atom. The Kier molecular flexibility index (Phi) is 6.44. The minimum absolute atomic E-state index is 0.00680. The maximum absolute atomic E-state index is 14.2. The van der Waals surface area contributed by atoms with Gasteiger partial charge in [-0.05, 0) is 73.4 Å². The van der Waals surface area contributed by atoms with Crippen LogP contribution in [0.4, 0.5) is 8.78 Å². The van der Waals surface area contributed by atoms with Crippen molar-refractivity contribution in [3.05, 3.63) is 106 Å². The largest absolute Gasteiger partial charge is 0.347 e. The number of amides is 1. The molecule has 0 bridgehead atoms. The van der Waals surface area contributed by atoms with Crippen LogP contribution in [0.5, 0.6) is 0 Å². The van der Waals surface area contributed by atoms with E-state index in [1.807, 2.05) is 19.1 Å². The molecule has 1 saturated heterocycles. The molecule has 0 spiro atoms. The van der Waals surface area contributed by atoms with Crippen LogP contribution in [-0.4, -0.2) is 34.2 Å². The number of carbonyl (C=O) groups excluding carboxylic acids is 2. The second-order valence-electron chi connectivity index (χ2n) is 9.30. The van der Waals surface area contributed by atoms with Gasteiger partial charge in [-0.2, -0.15) is 0 Å². The molecule has 1 aliphatic rings. The van der Waals surface area contributed by atoms with E-state index in [0.29, 0.717) is 25.1 Å². The monoisotopic (exact) mass is 486 g/mol. The van der Waals surface area contributed by atoms with Gasteiger partial charge in [-0.1, -0.05) is 25.1 Å². The Bertz CT molecular complexity index is 1470. The summed E-state index contributed by atoms with van der Waals surface area (Å²) in [7, 11) is 0. The Balaban J connectivity index is 1.45. The van der Waals surface area contributed by atoms with Crippen LogP contribution in [0.2, 0.25) is 0 Å². The van der Waals surface area contributed by atoms with Gasteiger partial charge in [0.1, 0.15) is 11.6 Å². The molecule has 0 N–H and O–H groups in total. The molecule has 1 fully saturated rings. The van der Waals surface area contributed by atoms with E-state index in [1.54, 1.807) is 4.90 Å². The first-order valence-electron chi connectivity index (χ1n) is 12.4. The number of aryl methyl sites for hydroxylation is 2. The van der Waals surface area contributed by atoms with Crippen molar-refractivity contribution < 1.29 is 18.4 Å². The van der Waals surface area contributed by atoms with Gasteiger partial charge in [-0.25, -0.2) is 8.78 Å². The van der Waals surface area contributed by atoms with Crippen molar-refractivity contribution in [3.8, 4) is 0 Å². The third-order valence-corrected chi connectivity index (χ3v) is 7.22. The van der Waals surface area contributed by atoms with Crippen LogP contribution >= 0.6 is 0 Å². The minimum atomic E-state index is -0.596. The molecule has 36 heavy (non-hydrogen) atoms. The van der Waals surface area contributed by atoms with Crippen LogP contribution in [0.25, 0.3) is 10.9 Å². The highest BCUT2D eigenvalue weighted by Crippen LogP contribution is 2.35. The number of nitrogens with zero attached hydrogens (tertiary/aromatic N) is 2. The SMILES string of the molecule is CCc1cc(F)ccc1C(=O)c1cc(F)ccc1C(=O)N1CCC(c2cn(CC)c3ccccc23)C1.